The summed E-state index contributed by atoms with van der Waals surface area (Å²) in [6.45, 7) is 9.28. The standard InChI is InChI=1S/C43H43F3N4O7S2/c1-24-11-14-28(15-12-24)59(54,55)50-20-17-29-35(50)23-33(45)39(40(29)58(7,52)53)56-27-13-16-32(44)31(22-27)41-47-34-18-19-49(6)38(37(34)48-41)30-10-8-9-26(36(30)46)21-25(2)42(51)57-43(3,4)5/h8-17,20,22-23,25,38H,18-19,21H2,1-7H3,(H,47,48). The molecule has 0 aliphatic carbocycles. The van der Waals surface area contributed by atoms with Crippen molar-refractivity contribution in [2.24, 2.45) is 5.92 Å². The highest BCUT2D eigenvalue weighted by molar-refractivity contribution is 7.91. The summed E-state index contributed by atoms with van der Waals surface area (Å²) in [6.07, 6.45) is 2.57. The second kappa shape index (κ2) is 15.3. The number of benzene rings is 4. The molecular formula is C43H43F3N4O7S2. The number of carbonyl (C=O) groups excluding carboxylic acids is 1. The first-order valence-corrected chi connectivity index (χ1v) is 22.1. The van der Waals surface area contributed by atoms with Crippen LogP contribution < -0.4 is 4.74 Å². The molecule has 0 saturated carbocycles. The number of hydrogen-bond donors (Lipinski definition) is 1. The maximum Gasteiger partial charge on any atom is 0.309 e. The van der Waals surface area contributed by atoms with E-state index in [0.717, 1.165) is 34.1 Å². The van der Waals surface area contributed by atoms with Gasteiger partial charge in [-0.25, -0.2) is 39.0 Å². The Hall–Kier alpha value is -5.45. The molecule has 0 bridgehead atoms. The third-order valence-electron chi connectivity index (χ3n) is 10.1. The second-order valence-corrected chi connectivity index (χ2v) is 19.7. The van der Waals surface area contributed by atoms with Crippen molar-refractivity contribution in [3.63, 3.8) is 0 Å². The fourth-order valence-electron chi connectivity index (χ4n) is 7.30. The van der Waals surface area contributed by atoms with Crippen LogP contribution in [0.5, 0.6) is 11.5 Å². The van der Waals surface area contributed by atoms with Crippen molar-refractivity contribution in [3.05, 3.63) is 125 Å². The SMILES string of the molecule is Cc1ccc(S(=O)(=O)n2ccc3c(S(C)(=O)=O)c(Oc4ccc(F)c(-c5nc6c([nH]5)CCN(C)C6c5cccc(CC(C)C(=O)OC(C)(C)C)c5F)c4)c(F)cc32)cc1. The molecule has 310 valence electrons. The van der Waals surface area contributed by atoms with Crippen LogP contribution in [0.15, 0.2) is 88.8 Å². The van der Waals surface area contributed by atoms with Crippen molar-refractivity contribution in [2.75, 3.05) is 19.8 Å². The van der Waals surface area contributed by atoms with E-state index in [2.05, 4.69) is 4.98 Å². The van der Waals surface area contributed by atoms with E-state index in [1.54, 1.807) is 65.0 Å². The summed E-state index contributed by atoms with van der Waals surface area (Å²) in [5, 5.41) is -0.105. The molecule has 7 rings (SSSR count). The maximum atomic E-state index is 16.3. The molecule has 16 heteroatoms. The molecule has 0 amide bonds. The number of fused-ring (bicyclic) bond motifs is 2. The molecule has 3 heterocycles. The van der Waals surface area contributed by atoms with Gasteiger partial charge in [0.05, 0.1) is 33.6 Å². The summed E-state index contributed by atoms with van der Waals surface area (Å²) < 4.78 is 114. The van der Waals surface area contributed by atoms with Gasteiger partial charge in [0, 0.05) is 48.1 Å². The highest BCUT2D eigenvalue weighted by Crippen LogP contribution is 2.41. The molecule has 1 N–H and O–H groups in total. The third-order valence-corrected chi connectivity index (χ3v) is 13.0. The summed E-state index contributed by atoms with van der Waals surface area (Å²) in [5.74, 6) is -4.23. The number of sulfone groups is 1. The van der Waals surface area contributed by atoms with Crippen LogP contribution in [0.2, 0.25) is 0 Å². The minimum absolute atomic E-state index is 0.0750. The summed E-state index contributed by atoms with van der Waals surface area (Å²) in [7, 11) is -6.70. The highest BCUT2D eigenvalue weighted by atomic mass is 32.2. The van der Waals surface area contributed by atoms with Crippen LogP contribution >= 0.6 is 0 Å². The number of esters is 1. The molecule has 2 atom stereocenters. The number of hydrogen-bond acceptors (Lipinski definition) is 9. The van der Waals surface area contributed by atoms with E-state index in [0.29, 0.717) is 35.5 Å². The third kappa shape index (κ3) is 8.13. The van der Waals surface area contributed by atoms with E-state index in [4.69, 9.17) is 14.5 Å². The molecule has 0 spiro atoms. The summed E-state index contributed by atoms with van der Waals surface area (Å²) in [4.78, 5) is 21.9. The summed E-state index contributed by atoms with van der Waals surface area (Å²) in [6, 6.07) is 15.9. The van der Waals surface area contributed by atoms with Crippen molar-refractivity contribution in [2.45, 2.75) is 68.9 Å². The molecule has 11 nitrogen and oxygen atoms in total. The monoisotopic (exact) mass is 848 g/mol. The smallest absolute Gasteiger partial charge is 0.309 e. The second-order valence-electron chi connectivity index (χ2n) is 15.9. The lowest BCUT2D eigenvalue weighted by atomic mass is 9.92. The lowest BCUT2D eigenvalue weighted by molar-refractivity contribution is -0.159. The van der Waals surface area contributed by atoms with Gasteiger partial charge in [-0.1, -0.05) is 42.8 Å². The quantitative estimate of drug-likeness (QED) is 0.135. The van der Waals surface area contributed by atoms with Gasteiger partial charge < -0.3 is 14.5 Å². The number of halogens is 3. The topological polar surface area (TPSA) is 141 Å². The van der Waals surface area contributed by atoms with Crippen LogP contribution in [0.3, 0.4) is 0 Å². The van der Waals surface area contributed by atoms with Crippen LogP contribution in [0.25, 0.3) is 22.3 Å². The predicted molar refractivity (Wildman–Crippen MR) is 216 cm³/mol. The van der Waals surface area contributed by atoms with E-state index in [9.17, 15) is 21.6 Å². The number of aromatic nitrogens is 3. The Morgan fingerprint density at radius 2 is 1.69 bits per heavy atom. The fraction of sp³-hybridized carbons (Fsp3) is 0.302. The number of likely N-dealkylation sites (N-methyl/N-ethyl adjacent to an activating group) is 1. The van der Waals surface area contributed by atoms with Gasteiger partial charge >= 0.3 is 5.97 Å². The molecule has 6 aromatic rings. The first-order valence-electron chi connectivity index (χ1n) is 18.8. The Morgan fingerprint density at radius 1 is 0.983 bits per heavy atom. The number of nitrogens with zero attached hydrogens (tertiary/aromatic N) is 3. The van der Waals surface area contributed by atoms with Gasteiger partial charge in [0.2, 0.25) is 0 Å². The molecule has 4 aromatic carbocycles. The molecule has 2 unspecified atom stereocenters. The Bertz CT molecular complexity index is 2850. The molecule has 2 aromatic heterocycles. The van der Waals surface area contributed by atoms with Gasteiger partial charge in [-0.15, -0.1) is 0 Å². The Balaban J connectivity index is 1.23. The lowest BCUT2D eigenvalue weighted by Crippen LogP contribution is -2.33. The number of aromatic amines is 1. The number of imidazole rings is 1. The van der Waals surface area contributed by atoms with Crippen LogP contribution in [0, 0.1) is 30.3 Å². The lowest BCUT2D eigenvalue weighted by Gasteiger charge is -2.32. The van der Waals surface area contributed by atoms with Crippen molar-refractivity contribution >= 4 is 36.7 Å². The van der Waals surface area contributed by atoms with Crippen molar-refractivity contribution in [3.8, 4) is 22.9 Å². The molecule has 1 aliphatic rings. The zero-order chi connectivity index (χ0) is 42.8. The molecule has 0 saturated heterocycles. The van der Waals surface area contributed by atoms with E-state index in [1.165, 1.54) is 30.3 Å². The summed E-state index contributed by atoms with van der Waals surface area (Å²) >= 11 is 0. The van der Waals surface area contributed by atoms with E-state index in [1.807, 2.05) is 11.9 Å². The minimum atomic E-state index is -4.26. The zero-order valence-electron chi connectivity index (χ0n) is 33.4. The van der Waals surface area contributed by atoms with Gasteiger partial charge in [-0.2, -0.15) is 0 Å². The molecule has 59 heavy (non-hydrogen) atoms. The van der Waals surface area contributed by atoms with Crippen LogP contribution in [-0.4, -0.2) is 67.1 Å². The average Bonchev–Trinajstić information content (AvgIpc) is 3.77. The summed E-state index contributed by atoms with van der Waals surface area (Å²) in [5.41, 5.74) is 1.56. The van der Waals surface area contributed by atoms with E-state index >= 15 is 13.2 Å². The number of rotatable bonds is 10. The zero-order valence-corrected chi connectivity index (χ0v) is 35.1. The first kappa shape index (κ1) is 41.7. The number of nitrogens with one attached hydrogen (secondary N) is 1. The Labute approximate surface area is 340 Å². The number of ether oxygens (including phenoxy) is 2. The van der Waals surface area contributed by atoms with E-state index in [-0.39, 0.29) is 39.4 Å². The minimum Gasteiger partial charge on any atom is -0.460 e. The number of aryl methyl sites for hydroxylation is 1. The Morgan fingerprint density at radius 3 is 2.37 bits per heavy atom. The largest absolute Gasteiger partial charge is 0.460 e. The number of carbonyl (C=O) groups is 1. The molecule has 0 fully saturated rings. The van der Waals surface area contributed by atoms with Crippen molar-refractivity contribution in [1.82, 2.24) is 18.8 Å². The molecular weight excluding hydrogens is 806 g/mol. The van der Waals surface area contributed by atoms with Crippen molar-refractivity contribution < 1.29 is 44.3 Å². The molecule has 0 radical (unpaired) electrons. The van der Waals surface area contributed by atoms with Gasteiger partial charge in [0.25, 0.3) is 10.0 Å². The molecule has 1 aliphatic heterocycles. The maximum absolute atomic E-state index is 16.3. The highest BCUT2D eigenvalue weighted by Gasteiger charge is 2.34. The van der Waals surface area contributed by atoms with Crippen molar-refractivity contribution in [1.29, 1.82) is 0 Å². The predicted octanol–water partition coefficient (Wildman–Crippen LogP) is 8.29. The van der Waals surface area contributed by atoms with Gasteiger partial charge in [-0.05, 0) is 83.1 Å². The van der Waals surface area contributed by atoms with Gasteiger partial charge in [-0.3, -0.25) is 9.69 Å². The first-order chi connectivity index (χ1) is 27.6. The Kier molecular flexibility index (Phi) is 10.8. The normalized spacial score (nSPS) is 15.6. The van der Waals surface area contributed by atoms with E-state index < -0.39 is 71.5 Å². The van der Waals surface area contributed by atoms with Crippen LogP contribution in [-0.2, 0) is 42.2 Å². The van der Waals surface area contributed by atoms with Gasteiger partial charge in [0.15, 0.2) is 21.4 Å². The fourth-order valence-corrected chi connectivity index (χ4v) is 9.69. The number of H-pyrrole nitrogens is 1. The van der Waals surface area contributed by atoms with Crippen LogP contribution in [0.1, 0.15) is 61.8 Å². The van der Waals surface area contributed by atoms with Crippen LogP contribution in [0.4, 0.5) is 13.2 Å². The van der Waals surface area contributed by atoms with Gasteiger partial charge in [0.1, 0.15) is 33.7 Å². The average molecular weight is 849 g/mol.